The summed E-state index contributed by atoms with van der Waals surface area (Å²) in [6.45, 7) is 0.0104. The van der Waals surface area contributed by atoms with Crippen LogP contribution in [0.4, 0.5) is 0 Å². The van der Waals surface area contributed by atoms with E-state index in [0.717, 1.165) is 0 Å². The molecule has 0 aliphatic carbocycles. The van der Waals surface area contributed by atoms with Gasteiger partial charge in [-0.25, -0.2) is 4.79 Å². The molecule has 3 unspecified atom stereocenters. The van der Waals surface area contributed by atoms with Crippen molar-refractivity contribution in [2.24, 2.45) is 27.9 Å². The van der Waals surface area contributed by atoms with Crippen LogP contribution in [0.2, 0.25) is 0 Å². The highest BCUT2D eigenvalue weighted by molar-refractivity contribution is 5.93. The quantitative estimate of drug-likeness (QED) is 0.0558. The summed E-state index contributed by atoms with van der Waals surface area (Å²) in [5, 5.41) is 24.9. The standard InChI is InChI=1S/C18H34N8O7/c19-6-2-1-4-12(17(32)33)25-13(27)9-24-16(31)11(5-3-7-23-18(21)22)26-15(30)10(20)8-14(28)29/h10-12H,1-9,19-20H2,(H,24,31)(H,25,27)(H,26,30)(H,28,29)(H,32,33)(H4,21,22,23). The number of nitrogens with one attached hydrogen (secondary N) is 3. The second kappa shape index (κ2) is 16.2. The smallest absolute Gasteiger partial charge is 0.326 e. The second-order valence-electron chi connectivity index (χ2n) is 7.17. The van der Waals surface area contributed by atoms with Crippen LogP contribution in [0.25, 0.3) is 0 Å². The van der Waals surface area contributed by atoms with Crippen molar-refractivity contribution in [1.29, 1.82) is 0 Å². The molecule has 15 nitrogen and oxygen atoms in total. The largest absolute Gasteiger partial charge is 0.481 e. The summed E-state index contributed by atoms with van der Waals surface area (Å²) in [6.07, 6.45) is 0.974. The topological polar surface area (TPSA) is 278 Å². The van der Waals surface area contributed by atoms with Crippen LogP contribution < -0.4 is 38.9 Å². The van der Waals surface area contributed by atoms with Gasteiger partial charge in [0.25, 0.3) is 0 Å². The first-order valence-corrected chi connectivity index (χ1v) is 10.3. The highest BCUT2D eigenvalue weighted by atomic mass is 16.4. The fraction of sp³-hybridized carbons (Fsp3) is 0.667. The van der Waals surface area contributed by atoms with Crippen molar-refractivity contribution < 1.29 is 34.2 Å². The Hall–Kier alpha value is -3.46. The van der Waals surface area contributed by atoms with Crippen molar-refractivity contribution in [2.75, 3.05) is 19.6 Å². The molecular formula is C18H34N8O7. The second-order valence-corrected chi connectivity index (χ2v) is 7.17. The number of rotatable bonds is 17. The Morgan fingerprint density at radius 1 is 0.879 bits per heavy atom. The normalized spacial score (nSPS) is 13.2. The number of aliphatic carboxylic acids is 2. The maximum absolute atomic E-state index is 12.5. The van der Waals surface area contributed by atoms with E-state index in [1.165, 1.54) is 0 Å². The summed E-state index contributed by atoms with van der Waals surface area (Å²) >= 11 is 0. The number of carboxylic acid groups (broad SMARTS) is 2. The van der Waals surface area contributed by atoms with Gasteiger partial charge in [0.15, 0.2) is 5.96 Å². The van der Waals surface area contributed by atoms with Crippen LogP contribution in [-0.4, -0.2) is 83.6 Å². The lowest BCUT2D eigenvalue weighted by Crippen LogP contribution is -2.53. The van der Waals surface area contributed by atoms with Gasteiger partial charge in [0.2, 0.25) is 17.7 Å². The maximum Gasteiger partial charge on any atom is 0.326 e. The van der Waals surface area contributed by atoms with E-state index in [-0.39, 0.29) is 31.8 Å². The molecule has 13 N–H and O–H groups in total. The highest BCUT2D eigenvalue weighted by Crippen LogP contribution is 2.02. The fourth-order valence-electron chi connectivity index (χ4n) is 2.62. The molecule has 0 radical (unpaired) electrons. The van der Waals surface area contributed by atoms with E-state index in [0.29, 0.717) is 19.4 Å². The average molecular weight is 475 g/mol. The summed E-state index contributed by atoms with van der Waals surface area (Å²) in [6, 6.07) is -3.67. The highest BCUT2D eigenvalue weighted by Gasteiger charge is 2.26. The van der Waals surface area contributed by atoms with Crippen LogP contribution in [0.3, 0.4) is 0 Å². The van der Waals surface area contributed by atoms with Crippen LogP contribution in [0.15, 0.2) is 4.99 Å². The predicted octanol–water partition coefficient (Wildman–Crippen LogP) is -3.86. The molecule has 0 rings (SSSR count). The van der Waals surface area contributed by atoms with E-state index in [9.17, 15) is 29.1 Å². The summed E-state index contributed by atoms with van der Waals surface area (Å²) in [4.78, 5) is 62.5. The molecular weight excluding hydrogens is 440 g/mol. The number of hydrogen-bond donors (Lipinski definition) is 9. The monoisotopic (exact) mass is 474 g/mol. The summed E-state index contributed by atoms with van der Waals surface area (Å²) in [7, 11) is 0. The van der Waals surface area contributed by atoms with Crippen LogP contribution in [-0.2, 0) is 24.0 Å². The van der Waals surface area contributed by atoms with Gasteiger partial charge in [0.1, 0.15) is 12.1 Å². The van der Waals surface area contributed by atoms with Gasteiger partial charge in [-0.3, -0.25) is 24.2 Å². The molecule has 0 fully saturated rings. The number of carbonyl (C=O) groups is 5. The fourth-order valence-corrected chi connectivity index (χ4v) is 2.62. The molecule has 0 bridgehead atoms. The van der Waals surface area contributed by atoms with Gasteiger partial charge in [0.05, 0.1) is 19.0 Å². The van der Waals surface area contributed by atoms with E-state index in [2.05, 4.69) is 20.9 Å². The number of carbonyl (C=O) groups excluding carboxylic acids is 3. The Morgan fingerprint density at radius 2 is 1.52 bits per heavy atom. The molecule has 0 heterocycles. The number of nitrogens with two attached hydrogens (primary N) is 4. The Bertz CT molecular complexity index is 712. The molecule has 3 atom stereocenters. The molecule has 0 spiro atoms. The van der Waals surface area contributed by atoms with Crippen molar-refractivity contribution in [2.45, 2.75) is 56.7 Å². The Kier molecular flexibility index (Phi) is 14.5. The first-order valence-electron chi connectivity index (χ1n) is 10.3. The summed E-state index contributed by atoms with van der Waals surface area (Å²) in [5.41, 5.74) is 21.3. The van der Waals surface area contributed by atoms with Crippen LogP contribution in [0.5, 0.6) is 0 Å². The van der Waals surface area contributed by atoms with Gasteiger partial charge in [-0.05, 0) is 38.6 Å². The van der Waals surface area contributed by atoms with Crippen molar-refractivity contribution >= 4 is 35.6 Å². The van der Waals surface area contributed by atoms with E-state index in [1.54, 1.807) is 0 Å². The number of carboxylic acids is 2. The average Bonchev–Trinajstić information content (AvgIpc) is 2.72. The number of guanidine groups is 1. The van der Waals surface area contributed by atoms with Crippen molar-refractivity contribution in [3.8, 4) is 0 Å². The van der Waals surface area contributed by atoms with Crippen LogP contribution in [0, 0.1) is 0 Å². The minimum absolute atomic E-state index is 0.0621. The minimum Gasteiger partial charge on any atom is -0.481 e. The third-order valence-corrected chi connectivity index (χ3v) is 4.31. The third-order valence-electron chi connectivity index (χ3n) is 4.31. The van der Waals surface area contributed by atoms with Gasteiger partial charge >= 0.3 is 11.9 Å². The molecule has 3 amide bonds. The molecule has 0 aliphatic rings. The zero-order valence-electron chi connectivity index (χ0n) is 18.3. The Balaban J connectivity index is 4.95. The lowest BCUT2D eigenvalue weighted by atomic mass is 10.1. The van der Waals surface area contributed by atoms with Crippen LogP contribution in [0.1, 0.15) is 38.5 Å². The lowest BCUT2D eigenvalue weighted by molar-refractivity contribution is -0.142. The first-order chi connectivity index (χ1) is 15.5. The molecule has 33 heavy (non-hydrogen) atoms. The SMILES string of the molecule is NCCCCC(NC(=O)CNC(=O)C(CCCN=C(N)N)NC(=O)C(N)CC(=O)O)C(=O)O. The zero-order chi connectivity index (χ0) is 25.4. The first kappa shape index (κ1) is 29.5. The minimum atomic E-state index is -1.39. The third kappa shape index (κ3) is 14.3. The molecule has 15 heteroatoms. The number of unbranched alkanes of at least 4 members (excludes halogenated alkanes) is 1. The summed E-state index contributed by atoms with van der Waals surface area (Å²) in [5.74, 6) is -5.02. The number of nitrogens with zero attached hydrogens (tertiary/aromatic N) is 1. The van der Waals surface area contributed by atoms with Crippen molar-refractivity contribution in [1.82, 2.24) is 16.0 Å². The molecule has 0 aliphatic heterocycles. The van der Waals surface area contributed by atoms with E-state index in [1.807, 2.05) is 0 Å². The number of aliphatic imine (C=N–C) groups is 1. The van der Waals surface area contributed by atoms with E-state index in [4.69, 9.17) is 28.0 Å². The van der Waals surface area contributed by atoms with Gasteiger partial charge in [-0.1, -0.05) is 0 Å². The number of hydrogen-bond acceptors (Lipinski definition) is 8. The maximum atomic E-state index is 12.5. The molecule has 0 saturated heterocycles. The Morgan fingerprint density at radius 3 is 2.06 bits per heavy atom. The zero-order valence-corrected chi connectivity index (χ0v) is 18.3. The van der Waals surface area contributed by atoms with Gasteiger partial charge in [-0.15, -0.1) is 0 Å². The molecule has 188 valence electrons. The predicted molar refractivity (Wildman–Crippen MR) is 118 cm³/mol. The number of amides is 3. The molecule has 0 aromatic heterocycles. The molecule has 0 saturated carbocycles. The van der Waals surface area contributed by atoms with Crippen LogP contribution >= 0.6 is 0 Å². The van der Waals surface area contributed by atoms with Gasteiger partial charge in [0, 0.05) is 6.54 Å². The Labute approximate surface area is 190 Å². The van der Waals surface area contributed by atoms with E-state index < -0.39 is 60.8 Å². The van der Waals surface area contributed by atoms with E-state index >= 15 is 0 Å². The van der Waals surface area contributed by atoms with Crippen molar-refractivity contribution in [3.63, 3.8) is 0 Å². The molecule has 0 aromatic carbocycles. The van der Waals surface area contributed by atoms with Gasteiger partial charge in [-0.2, -0.15) is 0 Å². The lowest BCUT2D eigenvalue weighted by Gasteiger charge is -2.20. The van der Waals surface area contributed by atoms with Crippen molar-refractivity contribution in [3.05, 3.63) is 0 Å². The van der Waals surface area contributed by atoms with Gasteiger partial charge < -0.3 is 49.1 Å². The summed E-state index contributed by atoms with van der Waals surface area (Å²) < 4.78 is 0. The molecule has 0 aromatic rings.